The number of rotatable bonds is 20. The van der Waals surface area contributed by atoms with Crippen molar-refractivity contribution in [2.24, 2.45) is 11.7 Å². The van der Waals surface area contributed by atoms with Crippen LogP contribution in [0.3, 0.4) is 0 Å². The summed E-state index contributed by atoms with van der Waals surface area (Å²) in [7, 11) is -3.65. The molecule has 0 fully saturated rings. The van der Waals surface area contributed by atoms with Crippen LogP contribution in [0.2, 0.25) is 0 Å². The average molecular weight is 646 g/mol. The van der Waals surface area contributed by atoms with Crippen LogP contribution in [0, 0.1) is 5.92 Å². The first-order valence-electron chi connectivity index (χ1n) is 15.8. The van der Waals surface area contributed by atoms with Crippen LogP contribution in [-0.2, 0) is 16.4 Å². The van der Waals surface area contributed by atoms with E-state index in [0.717, 1.165) is 24.8 Å². The minimum atomic E-state index is -3.65. The Kier molecular flexibility index (Phi) is 15.7. The second kappa shape index (κ2) is 18.6. The Labute approximate surface area is 268 Å². The maximum Gasteiger partial charge on any atom is 0.253 e. The molecule has 5 N–H and O–H groups in total. The summed E-state index contributed by atoms with van der Waals surface area (Å²) < 4.78 is 25.5. The van der Waals surface area contributed by atoms with Crippen LogP contribution in [0.4, 0.5) is 0 Å². The highest BCUT2D eigenvalue weighted by Crippen LogP contribution is 2.16. The third kappa shape index (κ3) is 12.9. The number of hydrogen-bond donors (Lipinski definition) is 4. The molecule has 11 nitrogen and oxygen atoms in total. The first-order valence-corrected chi connectivity index (χ1v) is 17.5. The Morgan fingerprint density at radius 3 is 2.04 bits per heavy atom. The van der Waals surface area contributed by atoms with Crippen molar-refractivity contribution in [2.45, 2.75) is 78.9 Å². The Morgan fingerprint density at radius 2 is 1.49 bits per heavy atom. The average Bonchev–Trinajstić information content (AvgIpc) is 2.98. The van der Waals surface area contributed by atoms with E-state index >= 15 is 0 Å². The summed E-state index contributed by atoms with van der Waals surface area (Å²) in [6.45, 7) is 10.9. The van der Waals surface area contributed by atoms with Crippen molar-refractivity contribution in [1.29, 1.82) is 0 Å². The highest BCUT2D eigenvalue weighted by molar-refractivity contribution is 7.89. The quantitative estimate of drug-likeness (QED) is 0.161. The molecule has 0 aliphatic rings. The molecule has 0 bridgehead atoms. The second-order valence-corrected chi connectivity index (χ2v) is 13.6. The Bertz CT molecular complexity index is 1350. The maximum atomic E-state index is 13.7. The zero-order valence-electron chi connectivity index (χ0n) is 27.3. The van der Waals surface area contributed by atoms with Crippen LogP contribution in [0.25, 0.3) is 0 Å². The number of aliphatic hydroxyl groups is 1. The van der Waals surface area contributed by atoms with Crippen LogP contribution in [0.15, 0.2) is 48.5 Å². The van der Waals surface area contributed by atoms with Gasteiger partial charge < -0.3 is 21.1 Å². The first-order chi connectivity index (χ1) is 21.3. The van der Waals surface area contributed by atoms with Gasteiger partial charge >= 0.3 is 0 Å². The number of nitrogens with two attached hydrogens (primary N) is 1. The molecule has 2 atom stereocenters. The summed E-state index contributed by atoms with van der Waals surface area (Å²) in [4.78, 5) is 43.6. The van der Waals surface area contributed by atoms with Gasteiger partial charge in [0.05, 0.1) is 17.9 Å². The van der Waals surface area contributed by atoms with Gasteiger partial charge in [0.25, 0.3) is 11.8 Å². The van der Waals surface area contributed by atoms with Crippen molar-refractivity contribution in [2.75, 3.05) is 31.9 Å². The van der Waals surface area contributed by atoms with Gasteiger partial charge in [-0.2, -0.15) is 0 Å². The molecule has 0 saturated carbocycles. The Hall–Kier alpha value is -3.32. The molecular formula is C33H51N5O6S. The summed E-state index contributed by atoms with van der Waals surface area (Å²) in [5.41, 5.74) is 6.66. The van der Waals surface area contributed by atoms with Crippen molar-refractivity contribution >= 4 is 27.7 Å². The van der Waals surface area contributed by atoms with Gasteiger partial charge in [0, 0.05) is 42.9 Å². The number of amides is 3. The lowest BCUT2D eigenvalue weighted by atomic mass is 9.99. The van der Waals surface area contributed by atoms with E-state index in [9.17, 15) is 27.9 Å². The van der Waals surface area contributed by atoms with Gasteiger partial charge in [-0.25, -0.2) is 13.4 Å². The molecular weight excluding hydrogens is 594 g/mol. The third-order valence-electron chi connectivity index (χ3n) is 7.09. The molecule has 250 valence electrons. The molecule has 2 aromatic carbocycles. The molecule has 12 heteroatoms. The largest absolute Gasteiger partial charge is 0.390 e. The van der Waals surface area contributed by atoms with Crippen molar-refractivity contribution in [3.63, 3.8) is 0 Å². The van der Waals surface area contributed by atoms with Gasteiger partial charge in [0.15, 0.2) is 0 Å². The van der Waals surface area contributed by atoms with Gasteiger partial charge in [-0.3, -0.25) is 14.4 Å². The molecule has 3 amide bonds. The number of carbonyl (C=O) groups excluding carboxylic acids is 3. The van der Waals surface area contributed by atoms with Gasteiger partial charge in [-0.1, -0.05) is 71.4 Å². The zero-order valence-corrected chi connectivity index (χ0v) is 28.1. The highest BCUT2D eigenvalue weighted by atomic mass is 32.2. The van der Waals surface area contributed by atoms with E-state index in [-0.39, 0.29) is 47.2 Å². The zero-order chi connectivity index (χ0) is 33.6. The van der Waals surface area contributed by atoms with Gasteiger partial charge in [-0.05, 0) is 55.4 Å². The fourth-order valence-corrected chi connectivity index (χ4v) is 6.53. The fourth-order valence-electron chi connectivity index (χ4n) is 5.01. The lowest BCUT2D eigenvalue weighted by molar-refractivity contribution is 0.0614. The number of nitrogens with zero attached hydrogens (tertiary/aromatic N) is 2. The molecule has 45 heavy (non-hydrogen) atoms. The van der Waals surface area contributed by atoms with E-state index in [4.69, 9.17) is 5.73 Å². The topological polar surface area (TPSA) is 162 Å². The molecule has 0 saturated heterocycles. The smallest absolute Gasteiger partial charge is 0.253 e. The number of hydrazine groups is 1. The van der Waals surface area contributed by atoms with Crippen LogP contribution >= 0.6 is 0 Å². The van der Waals surface area contributed by atoms with E-state index in [1.54, 1.807) is 4.90 Å². The minimum Gasteiger partial charge on any atom is -0.390 e. The van der Waals surface area contributed by atoms with E-state index in [1.165, 1.54) is 23.2 Å². The summed E-state index contributed by atoms with van der Waals surface area (Å²) in [5, 5.41) is 15.8. The molecule has 0 radical (unpaired) electrons. The Morgan fingerprint density at radius 1 is 0.889 bits per heavy atom. The normalized spacial score (nSPS) is 13.1. The number of benzene rings is 2. The van der Waals surface area contributed by atoms with Crippen molar-refractivity contribution in [3.8, 4) is 0 Å². The van der Waals surface area contributed by atoms with E-state index in [2.05, 4.69) is 10.1 Å². The molecule has 0 aromatic heterocycles. The van der Waals surface area contributed by atoms with Crippen molar-refractivity contribution < 1.29 is 27.9 Å². The first kappa shape index (κ1) is 37.9. The standard InChI is InChI=1S/C33H51N5O6S/c1-6-9-17-38(36-45(43,44)23-24(4)5)22-30(39)29(18-25-13-11-10-12-14-25)35-32(41)27-19-26(31(34)40)20-28(21-27)33(42)37(15-7-2)16-8-3/h10-14,19-21,24,29-30,36,39H,6-9,15-18,22-23H2,1-5H3,(H2,34,40)(H,35,41). The number of carbonyl (C=O) groups is 3. The highest BCUT2D eigenvalue weighted by Gasteiger charge is 2.28. The SMILES string of the molecule is CCCCN(CC(O)C(Cc1ccccc1)NC(=O)c1cc(C(N)=O)cc(C(=O)N(CCC)CCC)c1)NS(=O)(=O)CC(C)C. The van der Waals surface area contributed by atoms with Crippen LogP contribution < -0.4 is 15.9 Å². The van der Waals surface area contributed by atoms with Gasteiger partial charge in [0.2, 0.25) is 15.9 Å². The molecule has 2 aromatic rings. The van der Waals surface area contributed by atoms with Crippen molar-refractivity contribution in [1.82, 2.24) is 20.1 Å². The Balaban J connectivity index is 2.43. The van der Waals surface area contributed by atoms with Crippen LogP contribution in [0.1, 0.15) is 96.9 Å². The fraction of sp³-hybridized carbons (Fsp3) is 0.545. The predicted molar refractivity (Wildman–Crippen MR) is 177 cm³/mol. The van der Waals surface area contributed by atoms with E-state index in [1.807, 2.05) is 65.0 Å². The summed E-state index contributed by atoms with van der Waals surface area (Å²) in [5.74, 6) is -1.85. The maximum absolute atomic E-state index is 13.7. The van der Waals surface area contributed by atoms with Crippen LogP contribution in [-0.4, -0.2) is 85.2 Å². The van der Waals surface area contributed by atoms with Crippen LogP contribution in [0.5, 0.6) is 0 Å². The lowest BCUT2D eigenvalue weighted by Crippen LogP contribution is -2.54. The summed E-state index contributed by atoms with van der Waals surface area (Å²) in [6, 6.07) is 12.6. The number of aliphatic hydroxyl groups excluding tert-OH is 1. The minimum absolute atomic E-state index is 0.0180. The number of hydrogen-bond acceptors (Lipinski definition) is 7. The summed E-state index contributed by atoms with van der Waals surface area (Å²) in [6.07, 6.45) is 2.06. The second-order valence-electron chi connectivity index (χ2n) is 11.9. The molecule has 0 aliphatic heterocycles. The van der Waals surface area contributed by atoms with E-state index < -0.39 is 34.0 Å². The van der Waals surface area contributed by atoms with E-state index in [0.29, 0.717) is 26.1 Å². The molecule has 0 aliphatic carbocycles. The number of unbranched alkanes of at least 4 members (excludes halogenated alkanes) is 1. The molecule has 2 unspecified atom stereocenters. The number of nitrogens with one attached hydrogen (secondary N) is 2. The summed E-state index contributed by atoms with van der Waals surface area (Å²) >= 11 is 0. The van der Waals surface area contributed by atoms with Gasteiger partial charge in [0.1, 0.15) is 0 Å². The number of primary amides is 1. The third-order valence-corrected chi connectivity index (χ3v) is 8.73. The lowest BCUT2D eigenvalue weighted by Gasteiger charge is -2.30. The van der Waals surface area contributed by atoms with Crippen molar-refractivity contribution in [3.05, 3.63) is 70.8 Å². The number of sulfonamides is 1. The molecule has 0 heterocycles. The molecule has 0 spiro atoms. The monoisotopic (exact) mass is 645 g/mol. The molecule has 2 rings (SSSR count). The van der Waals surface area contributed by atoms with Gasteiger partial charge in [-0.15, -0.1) is 4.83 Å². The predicted octanol–water partition coefficient (Wildman–Crippen LogP) is 3.34.